The van der Waals surface area contributed by atoms with Gasteiger partial charge in [0.15, 0.2) is 21.7 Å². The van der Waals surface area contributed by atoms with E-state index in [0.29, 0.717) is 17.2 Å². The zero-order valence-corrected chi connectivity index (χ0v) is 21.9. The van der Waals surface area contributed by atoms with Crippen molar-refractivity contribution in [2.75, 3.05) is 31.8 Å². The molecular formula is C25H30O9S2. The smallest absolute Gasteiger partial charge is 0.310 e. The lowest BCUT2D eigenvalue weighted by atomic mass is 10.2. The predicted molar refractivity (Wildman–Crippen MR) is 139 cm³/mol. The van der Waals surface area contributed by atoms with E-state index >= 15 is 0 Å². The van der Waals surface area contributed by atoms with E-state index in [4.69, 9.17) is 24.4 Å². The highest BCUT2D eigenvalue weighted by atomic mass is 32.2. The van der Waals surface area contributed by atoms with Crippen LogP contribution in [0.1, 0.15) is 13.8 Å². The molecule has 0 aliphatic carbocycles. The summed E-state index contributed by atoms with van der Waals surface area (Å²) in [7, 11) is 1.52. The average Bonchev–Trinajstić information content (AvgIpc) is 2.84. The topological polar surface area (TPSA) is 136 Å². The van der Waals surface area contributed by atoms with Gasteiger partial charge in [-0.15, -0.1) is 0 Å². The molecule has 2 unspecified atom stereocenters. The van der Waals surface area contributed by atoms with Crippen LogP contribution in [0, 0.1) is 11.8 Å². The van der Waals surface area contributed by atoms with Crippen molar-refractivity contribution < 1.29 is 43.6 Å². The molecule has 2 aromatic rings. The molecule has 9 nitrogen and oxygen atoms in total. The maximum absolute atomic E-state index is 11.1. The molecule has 2 aromatic carbocycles. The normalized spacial score (nSPS) is 11.8. The Morgan fingerprint density at radius 3 is 1.61 bits per heavy atom. The molecule has 11 heteroatoms. The van der Waals surface area contributed by atoms with Crippen LogP contribution in [-0.2, 0) is 19.2 Å². The second kappa shape index (κ2) is 17.3. The van der Waals surface area contributed by atoms with Gasteiger partial charge in [-0.1, -0.05) is 53.9 Å². The molecule has 0 aliphatic rings. The first kappa shape index (κ1) is 30.9. The van der Waals surface area contributed by atoms with Gasteiger partial charge < -0.3 is 24.4 Å². The first-order valence-electron chi connectivity index (χ1n) is 10.8. The van der Waals surface area contributed by atoms with Crippen LogP contribution in [0.15, 0.2) is 54.6 Å². The monoisotopic (exact) mass is 538 g/mol. The second-order valence-electron chi connectivity index (χ2n) is 7.26. The number of para-hydroxylation sites is 3. The Kier molecular flexibility index (Phi) is 14.8. The van der Waals surface area contributed by atoms with E-state index < -0.39 is 23.8 Å². The molecule has 0 heterocycles. The quantitative estimate of drug-likeness (QED) is 0.381. The van der Waals surface area contributed by atoms with Crippen LogP contribution in [0.4, 0.5) is 0 Å². The summed E-state index contributed by atoms with van der Waals surface area (Å²) in [6.45, 7) is 2.89. The number of carboxylic acids is 2. The summed E-state index contributed by atoms with van der Waals surface area (Å²) in [6.07, 6.45) is 0. The number of hydrogen-bond donors (Lipinski definition) is 2. The van der Waals surface area contributed by atoms with E-state index in [1.54, 1.807) is 36.4 Å². The fourth-order valence-corrected chi connectivity index (χ4v) is 3.81. The molecule has 0 saturated carbocycles. The van der Waals surface area contributed by atoms with Gasteiger partial charge in [-0.2, -0.15) is 0 Å². The molecule has 0 bridgehead atoms. The third-order valence-electron chi connectivity index (χ3n) is 4.38. The van der Waals surface area contributed by atoms with Crippen molar-refractivity contribution in [1.29, 1.82) is 0 Å². The van der Waals surface area contributed by atoms with E-state index in [0.717, 1.165) is 23.5 Å². The maximum Gasteiger partial charge on any atom is 0.310 e. The van der Waals surface area contributed by atoms with Gasteiger partial charge in [-0.25, -0.2) is 0 Å². The zero-order chi connectivity index (χ0) is 26.9. The number of carboxylic acid groups (broad SMARTS) is 2. The highest BCUT2D eigenvalue weighted by Crippen LogP contribution is 2.26. The molecular weight excluding hydrogens is 508 g/mol. The number of benzene rings is 2. The van der Waals surface area contributed by atoms with Crippen molar-refractivity contribution in [1.82, 2.24) is 0 Å². The SMILES string of the molecule is CC(=O)SCC(COc1ccccc1)C(=O)O.COc1ccccc1OCC(CSC(C)=O)C(=O)O. The fraction of sp³-hybridized carbons (Fsp3) is 0.360. The van der Waals surface area contributed by atoms with E-state index in [9.17, 15) is 19.2 Å². The van der Waals surface area contributed by atoms with Gasteiger partial charge in [-0.05, 0) is 24.3 Å². The molecule has 0 aromatic heterocycles. The molecule has 36 heavy (non-hydrogen) atoms. The molecule has 2 rings (SSSR count). The molecule has 196 valence electrons. The minimum atomic E-state index is -0.983. The number of methoxy groups -OCH3 is 1. The number of carbonyl (C=O) groups excluding carboxylic acids is 2. The predicted octanol–water partition coefficient (Wildman–Crippen LogP) is 4.10. The summed E-state index contributed by atoms with van der Waals surface area (Å²) >= 11 is 1.98. The van der Waals surface area contributed by atoms with Gasteiger partial charge in [-0.3, -0.25) is 19.2 Å². The van der Waals surface area contributed by atoms with Crippen LogP contribution in [0.25, 0.3) is 0 Å². The van der Waals surface area contributed by atoms with Crippen molar-refractivity contribution in [3.63, 3.8) is 0 Å². The van der Waals surface area contributed by atoms with Crippen molar-refractivity contribution in [3.8, 4) is 17.2 Å². The standard InChI is InChI=1S/C13H16O5S.C12H14O4S/c1-9(14)19-8-10(13(15)16)7-18-12-6-4-3-5-11(12)17-2;1-9(13)17-8-10(12(14)15)7-16-11-5-3-2-4-6-11/h3-6,10H,7-8H2,1-2H3,(H,15,16);2-6,10H,7-8H2,1H3,(H,14,15). The van der Waals surface area contributed by atoms with Crippen molar-refractivity contribution in [2.45, 2.75) is 13.8 Å². The van der Waals surface area contributed by atoms with Gasteiger partial charge in [0.25, 0.3) is 0 Å². The molecule has 0 radical (unpaired) electrons. The van der Waals surface area contributed by atoms with Crippen LogP contribution in [-0.4, -0.2) is 64.2 Å². The minimum Gasteiger partial charge on any atom is -0.493 e. The lowest BCUT2D eigenvalue weighted by molar-refractivity contribution is -0.142. The first-order valence-corrected chi connectivity index (χ1v) is 12.8. The number of ether oxygens (including phenoxy) is 3. The van der Waals surface area contributed by atoms with Crippen molar-refractivity contribution >= 4 is 45.7 Å². The van der Waals surface area contributed by atoms with Crippen LogP contribution in [0.3, 0.4) is 0 Å². The summed E-state index contributed by atoms with van der Waals surface area (Å²) in [6, 6.07) is 16.0. The Labute approximate surface area is 218 Å². The van der Waals surface area contributed by atoms with Gasteiger partial charge >= 0.3 is 11.9 Å². The zero-order valence-electron chi connectivity index (χ0n) is 20.2. The minimum absolute atomic E-state index is 0.00398. The second-order valence-corrected chi connectivity index (χ2v) is 9.66. The van der Waals surface area contributed by atoms with Crippen LogP contribution >= 0.6 is 23.5 Å². The van der Waals surface area contributed by atoms with E-state index in [-0.39, 0.29) is 35.0 Å². The highest BCUT2D eigenvalue weighted by molar-refractivity contribution is 8.13. The molecule has 0 saturated heterocycles. The Hall–Kier alpha value is -3.18. The molecule has 0 aliphatic heterocycles. The molecule has 0 amide bonds. The number of aliphatic carboxylic acids is 2. The van der Waals surface area contributed by atoms with E-state index in [1.165, 1.54) is 21.0 Å². The summed E-state index contributed by atoms with van der Waals surface area (Å²) < 4.78 is 15.9. The number of carbonyl (C=O) groups is 4. The Morgan fingerprint density at radius 1 is 0.722 bits per heavy atom. The Morgan fingerprint density at radius 2 is 1.17 bits per heavy atom. The summed E-state index contributed by atoms with van der Waals surface area (Å²) in [5.74, 6) is -1.25. The van der Waals surface area contributed by atoms with Crippen molar-refractivity contribution in [3.05, 3.63) is 54.6 Å². The van der Waals surface area contributed by atoms with Crippen LogP contribution < -0.4 is 14.2 Å². The third kappa shape index (κ3) is 13.1. The lowest BCUT2D eigenvalue weighted by Crippen LogP contribution is -2.24. The van der Waals surface area contributed by atoms with Gasteiger partial charge in [0.2, 0.25) is 0 Å². The van der Waals surface area contributed by atoms with Gasteiger partial charge in [0.05, 0.1) is 7.11 Å². The van der Waals surface area contributed by atoms with E-state index in [2.05, 4.69) is 0 Å². The molecule has 2 N–H and O–H groups in total. The average molecular weight is 539 g/mol. The Bertz CT molecular complexity index is 983. The molecule has 0 fully saturated rings. The van der Waals surface area contributed by atoms with E-state index in [1.807, 2.05) is 18.2 Å². The van der Waals surface area contributed by atoms with Gasteiger partial charge in [0.1, 0.15) is 30.8 Å². The largest absolute Gasteiger partial charge is 0.493 e. The number of hydrogen-bond acceptors (Lipinski definition) is 9. The number of rotatable bonds is 13. The summed E-state index contributed by atoms with van der Waals surface area (Å²) in [5, 5.41) is 17.8. The van der Waals surface area contributed by atoms with Crippen LogP contribution in [0.2, 0.25) is 0 Å². The summed E-state index contributed by atoms with van der Waals surface area (Å²) in [5.41, 5.74) is 0. The van der Waals surface area contributed by atoms with Crippen molar-refractivity contribution in [2.24, 2.45) is 11.8 Å². The molecule has 0 spiro atoms. The maximum atomic E-state index is 11.1. The Balaban J connectivity index is 0.000000362. The number of thioether (sulfide) groups is 2. The highest BCUT2D eigenvalue weighted by Gasteiger charge is 2.20. The van der Waals surface area contributed by atoms with Crippen LogP contribution in [0.5, 0.6) is 17.2 Å². The first-order chi connectivity index (χ1) is 17.1. The third-order valence-corrected chi connectivity index (χ3v) is 6.33. The molecule has 2 atom stereocenters. The fourth-order valence-electron chi connectivity index (χ4n) is 2.46. The van der Waals surface area contributed by atoms with Gasteiger partial charge in [0, 0.05) is 25.4 Å². The summed E-state index contributed by atoms with van der Waals surface area (Å²) in [4.78, 5) is 43.6. The lowest BCUT2D eigenvalue weighted by Gasteiger charge is -2.14.